The molecule has 2 fully saturated rings. The van der Waals surface area contributed by atoms with Crippen LogP contribution in [0.1, 0.15) is 16.2 Å². The molecule has 0 spiro atoms. The lowest BCUT2D eigenvalue weighted by atomic mass is 9.82. The molecule has 1 amide bonds. The Balaban J connectivity index is 1.41. The zero-order valence-corrected chi connectivity index (χ0v) is 13.9. The summed E-state index contributed by atoms with van der Waals surface area (Å²) in [4.78, 5) is 26.6. The average molecular weight is 340 g/mol. The Morgan fingerprint density at radius 1 is 1.28 bits per heavy atom. The van der Waals surface area contributed by atoms with Crippen LogP contribution >= 0.6 is 0 Å². The fourth-order valence-corrected chi connectivity index (χ4v) is 3.59. The number of fused-ring (bicyclic) bond motifs is 1. The van der Waals surface area contributed by atoms with Crippen LogP contribution in [0.4, 0.5) is 0 Å². The molecule has 0 bridgehead atoms. The molecule has 2 saturated heterocycles. The zero-order valence-electron chi connectivity index (χ0n) is 13.9. The van der Waals surface area contributed by atoms with Gasteiger partial charge in [-0.3, -0.25) is 9.78 Å². The van der Waals surface area contributed by atoms with E-state index >= 15 is 0 Å². The summed E-state index contributed by atoms with van der Waals surface area (Å²) in [6, 6.07) is 5.59. The highest BCUT2D eigenvalue weighted by Gasteiger charge is 2.52. The molecule has 0 N–H and O–H groups in total. The van der Waals surface area contributed by atoms with Gasteiger partial charge in [-0.1, -0.05) is 0 Å². The molecular weight excluding hydrogens is 320 g/mol. The van der Waals surface area contributed by atoms with Crippen molar-refractivity contribution in [1.29, 1.82) is 0 Å². The molecule has 0 aromatic carbocycles. The van der Waals surface area contributed by atoms with Crippen LogP contribution in [0.25, 0.3) is 0 Å². The van der Waals surface area contributed by atoms with Crippen LogP contribution in [0.5, 0.6) is 0 Å². The van der Waals surface area contributed by atoms with Crippen molar-refractivity contribution in [3.63, 3.8) is 0 Å². The first-order valence-electron chi connectivity index (χ1n) is 8.37. The number of hydrogen-bond donors (Lipinski definition) is 0. The van der Waals surface area contributed by atoms with E-state index in [2.05, 4.69) is 15.0 Å². The van der Waals surface area contributed by atoms with Crippen LogP contribution in [0.2, 0.25) is 0 Å². The number of carbonyl (C=O) groups excluding carboxylic acids is 1. The van der Waals surface area contributed by atoms with Crippen LogP contribution in [0.3, 0.4) is 0 Å². The molecule has 4 rings (SSSR count). The number of ether oxygens (including phenoxy) is 2. The topological polar surface area (TPSA) is 77.4 Å². The van der Waals surface area contributed by atoms with Gasteiger partial charge in [-0.15, -0.1) is 0 Å². The molecule has 2 atom stereocenters. The Labute approximate surface area is 146 Å². The predicted octanol–water partition coefficient (Wildman–Crippen LogP) is 1.18. The van der Waals surface area contributed by atoms with Crippen LogP contribution < -0.4 is 0 Å². The monoisotopic (exact) mass is 340 g/mol. The molecule has 0 aliphatic carbocycles. The Hall–Kier alpha value is -2.38. The Kier molecular flexibility index (Phi) is 4.42. The predicted molar refractivity (Wildman–Crippen MR) is 88.6 cm³/mol. The molecule has 2 aliphatic rings. The first-order valence-corrected chi connectivity index (χ1v) is 8.37. The molecule has 25 heavy (non-hydrogen) atoms. The van der Waals surface area contributed by atoms with Gasteiger partial charge >= 0.3 is 0 Å². The number of pyridine rings is 1. The van der Waals surface area contributed by atoms with Gasteiger partial charge in [0.15, 0.2) is 0 Å². The van der Waals surface area contributed by atoms with Crippen molar-refractivity contribution in [2.75, 3.05) is 32.9 Å². The molecular formula is C18H20N4O3. The summed E-state index contributed by atoms with van der Waals surface area (Å²) in [5, 5.41) is 0. The van der Waals surface area contributed by atoms with Gasteiger partial charge in [-0.2, -0.15) is 0 Å². The quantitative estimate of drug-likeness (QED) is 0.813. The van der Waals surface area contributed by atoms with E-state index in [0.29, 0.717) is 39.5 Å². The van der Waals surface area contributed by atoms with Crippen molar-refractivity contribution in [2.24, 2.45) is 11.3 Å². The number of rotatable bonds is 5. The van der Waals surface area contributed by atoms with Gasteiger partial charge in [0, 0.05) is 49.2 Å². The average Bonchev–Trinajstić information content (AvgIpc) is 3.20. The summed E-state index contributed by atoms with van der Waals surface area (Å²) in [6.45, 7) is 3.67. The van der Waals surface area contributed by atoms with E-state index in [1.54, 1.807) is 30.9 Å². The van der Waals surface area contributed by atoms with Gasteiger partial charge in [0.2, 0.25) is 5.82 Å². The van der Waals surface area contributed by atoms with Gasteiger partial charge in [0.05, 0.1) is 26.4 Å². The molecule has 4 heterocycles. The highest BCUT2D eigenvalue weighted by Crippen LogP contribution is 2.42. The molecule has 2 aromatic rings. The zero-order chi connectivity index (χ0) is 17.1. The molecule has 7 nitrogen and oxygen atoms in total. The minimum absolute atomic E-state index is 0.122. The third-order valence-electron chi connectivity index (χ3n) is 4.97. The number of aromatic nitrogens is 3. The minimum Gasteiger partial charge on any atom is -0.380 e. The van der Waals surface area contributed by atoms with E-state index in [-0.39, 0.29) is 23.1 Å². The third kappa shape index (κ3) is 3.25. The molecule has 0 unspecified atom stereocenters. The summed E-state index contributed by atoms with van der Waals surface area (Å²) < 4.78 is 11.7. The van der Waals surface area contributed by atoms with E-state index in [1.807, 2.05) is 17.0 Å². The van der Waals surface area contributed by atoms with Crippen molar-refractivity contribution >= 4 is 5.91 Å². The Morgan fingerprint density at radius 3 is 2.88 bits per heavy atom. The van der Waals surface area contributed by atoms with E-state index in [1.165, 1.54) is 0 Å². The second kappa shape index (κ2) is 6.85. The van der Waals surface area contributed by atoms with Gasteiger partial charge in [0.25, 0.3) is 5.91 Å². The first-order chi connectivity index (χ1) is 12.3. The smallest absolute Gasteiger partial charge is 0.291 e. The van der Waals surface area contributed by atoms with Crippen molar-refractivity contribution < 1.29 is 14.3 Å². The van der Waals surface area contributed by atoms with E-state index in [4.69, 9.17) is 9.47 Å². The highest BCUT2D eigenvalue weighted by molar-refractivity contribution is 5.90. The van der Waals surface area contributed by atoms with Crippen molar-refractivity contribution in [3.05, 3.63) is 54.4 Å². The Bertz CT molecular complexity index is 728. The van der Waals surface area contributed by atoms with Crippen LogP contribution in [-0.2, 0) is 16.1 Å². The summed E-state index contributed by atoms with van der Waals surface area (Å²) in [5.74, 6) is 0.414. The summed E-state index contributed by atoms with van der Waals surface area (Å²) in [6.07, 6.45) is 6.70. The summed E-state index contributed by atoms with van der Waals surface area (Å²) >= 11 is 0. The molecule has 0 radical (unpaired) electrons. The molecule has 7 heteroatoms. The normalized spacial score (nSPS) is 25.1. The number of carbonyl (C=O) groups is 1. The Morgan fingerprint density at radius 2 is 2.08 bits per heavy atom. The number of nitrogens with zero attached hydrogens (tertiary/aromatic N) is 4. The molecule has 0 saturated carbocycles. The molecule has 2 aromatic heterocycles. The lowest BCUT2D eigenvalue weighted by Gasteiger charge is -2.26. The largest absolute Gasteiger partial charge is 0.380 e. The van der Waals surface area contributed by atoms with Crippen molar-refractivity contribution in [3.8, 4) is 0 Å². The number of likely N-dealkylation sites (tertiary alicyclic amines) is 1. The van der Waals surface area contributed by atoms with Gasteiger partial charge < -0.3 is 14.4 Å². The molecule has 130 valence electrons. The fraction of sp³-hybridized carbons (Fsp3) is 0.444. The highest BCUT2D eigenvalue weighted by atomic mass is 16.5. The second-order valence-electron chi connectivity index (χ2n) is 6.68. The van der Waals surface area contributed by atoms with E-state index in [0.717, 1.165) is 5.56 Å². The van der Waals surface area contributed by atoms with E-state index < -0.39 is 0 Å². The van der Waals surface area contributed by atoms with Crippen molar-refractivity contribution in [2.45, 2.75) is 6.61 Å². The standard InChI is InChI=1S/C18H20N4O3/c23-17(16-20-4-1-5-21-16)22-8-15-10-25-13-18(15,11-22)12-24-9-14-2-6-19-7-3-14/h1-7,15H,8-13H2/t15-,18-/m1/s1. The maximum absolute atomic E-state index is 12.6. The number of hydrogen-bond acceptors (Lipinski definition) is 6. The van der Waals surface area contributed by atoms with Gasteiger partial charge in [-0.05, 0) is 23.8 Å². The second-order valence-corrected chi connectivity index (χ2v) is 6.68. The van der Waals surface area contributed by atoms with Crippen LogP contribution in [-0.4, -0.2) is 58.7 Å². The van der Waals surface area contributed by atoms with Gasteiger partial charge in [-0.25, -0.2) is 9.97 Å². The van der Waals surface area contributed by atoms with E-state index in [9.17, 15) is 4.79 Å². The summed E-state index contributed by atoms with van der Waals surface area (Å²) in [5.41, 5.74) is 0.947. The molecule has 2 aliphatic heterocycles. The SMILES string of the molecule is O=C(c1ncccn1)N1C[C@@H]2COC[C@]2(COCc2ccncc2)C1. The van der Waals surface area contributed by atoms with Crippen LogP contribution in [0, 0.1) is 11.3 Å². The van der Waals surface area contributed by atoms with Crippen LogP contribution in [0.15, 0.2) is 43.0 Å². The van der Waals surface area contributed by atoms with Crippen molar-refractivity contribution in [1.82, 2.24) is 19.9 Å². The minimum atomic E-state index is -0.141. The third-order valence-corrected chi connectivity index (χ3v) is 4.97. The maximum atomic E-state index is 12.6. The lowest BCUT2D eigenvalue weighted by molar-refractivity contribution is 0.0185. The fourth-order valence-electron chi connectivity index (χ4n) is 3.59. The van der Waals surface area contributed by atoms with Gasteiger partial charge in [0.1, 0.15) is 0 Å². The number of amides is 1. The summed E-state index contributed by atoms with van der Waals surface area (Å²) in [7, 11) is 0. The lowest BCUT2D eigenvalue weighted by Crippen LogP contribution is -2.37. The maximum Gasteiger partial charge on any atom is 0.291 e. The first kappa shape index (κ1) is 16.1.